The summed E-state index contributed by atoms with van der Waals surface area (Å²) >= 11 is 0. The van der Waals surface area contributed by atoms with Crippen molar-refractivity contribution in [2.24, 2.45) is 0 Å². The number of nitrogens with zero attached hydrogens (tertiary/aromatic N) is 1. The van der Waals surface area contributed by atoms with E-state index < -0.39 is 0 Å². The molecule has 2 fully saturated rings. The van der Waals surface area contributed by atoms with Crippen LogP contribution in [0.1, 0.15) is 25.7 Å². The standard InChI is InChI=1S/C18H27NO4/c1-21-15-4-2-5-16(14-15)22-13-11-19-9-7-18(8-10-19)17(20)6-3-12-23-18/h2,4-5,14,17,20H,3,6-13H2,1H3/t17-/m1/s1. The van der Waals surface area contributed by atoms with E-state index in [0.29, 0.717) is 6.61 Å². The number of hydrogen-bond donors (Lipinski definition) is 1. The molecule has 2 saturated heterocycles. The first-order valence-electron chi connectivity index (χ1n) is 8.53. The zero-order valence-electron chi connectivity index (χ0n) is 13.9. The molecule has 2 heterocycles. The Kier molecular flexibility index (Phi) is 5.41. The Balaban J connectivity index is 1.42. The summed E-state index contributed by atoms with van der Waals surface area (Å²) in [6.45, 7) is 4.25. The Morgan fingerprint density at radius 1 is 1.30 bits per heavy atom. The molecule has 2 aliphatic heterocycles. The largest absolute Gasteiger partial charge is 0.497 e. The van der Waals surface area contributed by atoms with Gasteiger partial charge in [0.15, 0.2) is 0 Å². The van der Waals surface area contributed by atoms with Crippen LogP contribution in [0.25, 0.3) is 0 Å². The fourth-order valence-corrected chi connectivity index (χ4v) is 3.53. The minimum Gasteiger partial charge on any atom is -0.497 e. The van der Waals surface area contributed by atoms with E-state index in [1.54, 1.807) is 7.11 Å². The molecule has 0 amide bonds. The molecule has 1 N–H and O–H groups in total. The molecule has 3 rings (SSSR count). The number of ether oxygens (including phenoxy) is 3. The topological polar surface area (TPSA) is 51.2 Å². The molecular formula is C18H27NO4. The van der Waals surface area contributed by atoms with Crippen LogP contribution >= 0.6 is 0 Å². The summed E-state index contributed by atoms with van der Waals surface area (Å²) in [6.07, 6.45) is 3.37. The Morgan fingerprint density at radius 2 is 2.09 bits per heavy atom. The number of likely N-dealkylation sites (tertiary alicyclic amines) is 1. The Labute approximate surface area is 138 Å². The van der Waals surface area contributed by atoms with Gasteiger partial charge < -0.3 is 19.3 Å². The second-order valence-electron chi connectivity index (χ2n) is 6.44. The van der Waals surface area contributed by atoms with Gasteiger partial charge in [-0.05, 0) is 37.8 Å². The van der Waals surface area contributed by atoms with Crippen molar-refractivity contribution in [1.82, 2.24) is 4.90 Å². The molecule has 5 nitrogen and oxygen atoms in total. The van der Waals surface area contributed by atoms with Gasteiger partial charge in [-0.25, -0.2) is 0 Å². The lowest BCUT2D eigenvalue weighted by Gasteiger charge is -2.46. The molecule has 0 aromatic heterocycles. The van der Waals surface area contributed by atoms with Gasteiger partial charge in [-0.1, -0.05) is 6.07 Å². The number of hydrogen-bond acceptors (Lipinski definition) is 5. The zero-order valence-corrected chi connectivity index (χ0v) is 13.9. The number of benzene rings is 1. The number of aliphatic hydroxyl groups is 1. The highest BCUT2D eigenvalue weighted by atomic mass is 16.5. The first-order valence-corrected chi connectivity index (χ1v) is 8.53. The quantitative estimate of drug-likeness (QED) is 0.900. The summed E-state index contributed by atoms with van der Waals surface area (Å²) in [5, 5.41) is 10.3. The van der Waals surface area contributed by atoms with Crippen LogP contribution in [0.2, 0.25) is 0 Å². The van der Waals surface area contributed by atoms with Crippen LogP contribution in [0, 0.1) is 0 Å². The van der Waals surface area contributed by atoms with Gasteiger partial charge >= 0.3 is 0 Å². The van der Waals surface area contributed by atoms with Crippen LogP contribution in [0.15, 0.2) is 24.3 Å². The lowest BCUT2D eigenvalue weighted by molar-refractivity contribution is -0.177. The van der Waals surface area contributed by atoms with E-state index in [2.05, 4.69) is 4.90 Å². The zero-order chi connectivity index (χ0) is 16.1. The molecule has 0 radical (unpaired) electrons. The van der Waals surface area contributed by atoms with Crippen molar-refractivity contribution >= 4 is 0 Å². The minimum absolute atomic E-state index is 0.289. The van der Waals surface area contributed by atoms with Crippen molar-refractivity contribution in [1.29, 1.82) is 0 Å². The third-order valence-electron chi connectivity index (χ3n) is 5.04. The second kappa shape index (κ2) is 7.51. The maximum atomic E-state index is 10.3. The average molecular weight is 321 g/mol. The third-order valence-corrected chi connectivity index (χ3v) is 5.04. The normalized spacial score (nSPS) is 24.5. The van der Waals surface area contributed by atoms with Crippen LogP contribution in [-0.2, 0) is 4.74 Å². The summed E-state index contributed by atoms with van der Waals surface area (Å²) in [7, 11) is 1.66. The number of rotatable bonds is 5. The fraction of sp³-hybridized carbons (Fsp3) is 0.667. The van der Waals surface area contributed by atoms with Crippen LogP contribution in [0.3, 0.4) is 0 Å². The molecule has 0 unspecified atom stereocenters. The first kappa shape index (κ1) is 16.6. The van der Waals surface area contributed by atoms with Crippen LogP contribution in [0.4, 0.5) is 0 Å². The van der Waals surface area contributed by atoms with Crippen molar-refractivity contribution < 1.29 is 19.3 Å². The molecule has 23 heavy (non-hydrogen) atoms. The summed E-state index contributed by atoms with van der Waals surface area (Å²) in [5.74, 6) is 1.65. The SMILES string of the molecule is COc1cccc(OCCN2CCC3(CC2)OCCC[C@H]3O)c1. The van der Waals surface area contributed by atoms with Gasteiger partial charge in [0.1, 0.15) is 18.1 Å². The van der Waals surface area contributed by atoms with Gasteiger partial charge in [0.2, 0.25) is 0 Å². The molecule has 1 aromatic carbocycles. The van der Waals surface area contributed by atoms with E-state index in [1.165, 1.54) is 0 Å². The minimum atomic E-state index is -0.300. The van der Waals surface area contributed by atoms with Crippen molar-refractivity contribution in [3.8, 4) is 11.5 Å². The van der Waals surface area contributed by atoms with Crippen LogP contribution < -0.4 is 9.47 Å². The smallest absolute Gasteiger partial charge is 0.123 e. The fourth-order valence-electron chi connectivity index (χ4n) is 3.53. The van der Waals surface area contributed by atoms with Crippen LogP contribution in [0.5, 0.6) is 11.5 Å². The van der Waals surface area contributed by atoms with Gasteiger partial charge in [0.05, 0.1) is 18.8 Å². The van der Waals surface area contributed by atoms with Gasteiger partial charge in [-0.3, -0.25) is 4.90 Å². The van der Waals surface area contributed by atoms with E-state index in [4.69, 9.17) is 14.2 Å². The van der Waals surface area contributed by atoms with Crippen LogP contribution in [-0.4, -0.2) is 61.7 Å². The maximum Gasteiger partial charge on any atom is 0.123 e. The summed E-state index contributed by atoms with van der Waals surface area (Å²) in [5.41, 5.74) is -0.289. The highest BCUT2D eigenvalue weighted by Crippen LogP contribution is 2.35. The summed E-state index contributed by atoms with van der Waals surface area (Å²) in [6, 6.07) is 7.68. The van der Waals surface area contributed by atoms with Gasteiger partial charge in [-0.2, -0.15) is 0 Å². The number of aliphatic hydroxyl groups excluding tert-OH is 1. The average Bonchev–Trinajstić information content (AvgIpc) is 2.60. The number of piperidine rings is 1. The molecule has 0 aliphatic carbocycles. The van der Waals surface area contributed by atoms with Gasteiger partial charge in [-0.15, -0.1) is 0 Å². The number of methoxy groups -OCH3 is 1. The predicted molar refractivity (Wildman–Crippen MR) is 88.1 cm³/mol. The predicted octanol–water partition coefficient (Wildman–Crippen LogP) is 2.08. The van der Waals surface area contributed by atoms with E-state index in [-0.39, 0.29) is 11.7 Å². The summed E-state index contributed by atoms with van der Waals surface area (Å²) in [4.78, 5) is 2.39. The van der Waals surface area contributed by atoms with Gasteiger partial charge in [0, 0.05) is 32.3 Å². The Morgan fingerprint density at radius 3 is 2.83 bits per heavy atom. The third kappa shape index (κ3) is 3.97. The highest BCUT2D eigenvalue weighted by Gasteiger charge is 2.43. The van der Waals surface area contributed by atoms with Crippen molar-refractivity contribution in [3.63, 3.8) is 0 Å². The molecular weight excluding hydrogens is 294 g/mol. The Bertz CT molecular complexity index is 500. The lowest BCUT2D eigenvalue weighted by Crippen LogP contribution is -2.55. The second-order valence-corrected chi connectivity index (χ2v) is 6.44. The highest BCUT2D eigenvalue weighted by molar-refractivity contribution is 5.32. The molecule has 0 bridgehead atoms. The first-order chi connectivity index (χ1) is 11.2. The van der Waals surface area contributed by atoms with Crippen molar-refractivity contribution in [2.45, 2.75) is 37.4 Å². The monoisotopic (exact) mass is 321 g/mol. The van der Waals surface area contributed by atoms with E-state index in [1.807, 2.05) is 24.3 Å². The summed E-state index contributed by atoms with van der Waals surface area (Å²) < 4.78 is 16.9. The maximum absolute atomic E-state index is 10.3. The molecule has 1 aromatic rings. The molecule has 1 spiro atoms. The van der Waals surface area contributed by atoms with E-state index in [0.717, 1.165) is 63.4 Å². The van der Waals surface area contributed by atoms with E-state index in [9.17, 15) is 5.11 Å². The molecule has 5 heteroatoms. The molecule has 128 valence electrons. The van der Waals surface area contributed by atoms with Crippen molar-refractivity contribution in [3.05, 3.63) is 24.3 Å². The Hall–Kier alpha value is -1.30. The lowest BCUT2D eigenvalue weighted by atomic mass is 9.82. The molecule has 2 aliphatic rings. The van der Waals surface area contributed by atoms with Gasteiger partial charge in [0.25, 0.3) is 0 Å². The van der Waals surface area contributed by atoms with Crippen molar-refractivity contribution in [2.75, 3.05) is 40.0 Å². The molecule has 1 atom stereocenters. The molecule has 0 saturated carbocycles. The van der Waals surface area contributed by atoms with E-state index >= 15 is 0 Å².